The van der Waals surface area contributed by atoms with E-state index >= 15 is 0 Å². The third kappa shape index (κ3) is 3.48. The van der Waals surface area contributed by atoms with Crippen molar-refractivity contribution >= 4 is 33.4 Å². The summed E-state index contributed by atoms with van der Waals surface area (Å²) in [7, 11) is 0. The van der Waals surface area contributed by atoms with E-state index in [1.807, 2.05) is 0 Å². The zero-order valence-electron chi connectivity index (χ0n) is 8.13. The first-order chi connectivity index (χ1) is 7.02. The van der Waals surface area contributed by atoms with E-state index < -0.39 is 6.10 Å². The molecule has 0 aliphatic heterocycles. The zero-order valence-corrected chi connectivity index (χ0v) is 10.5. The highest BCUT2D eigenvalue weighted by Crippen LogP contribution is 2.25. The molecule has 1 aromatic rings. The smallest absolute Gasteiger partial charge is 0.252 e. The monoisotopic (exact) mass is 291 g/mol. The summed E-state index contributed by atoms with van der Waals surface area (Å²) in [4.78, 5) is 11.6. The number of carbonyl (C=O) groups excluding carboxylic acids is 1. The number of rotatable bonds is 3. The number of aliphatic hydroxyl groups is 1. The Kier molecular flexibility index (Phi) is 4.57. The van der Waals surface area contributed by atoms with Gasteiger partial charge in [-0.2, -0.15) is 0 Å². The number of carbonyl (C=O) groups is 1. The molecule has 1 rings (SSSR count). The van der Waals surface area contributed by atoms with Crippen molar-refractivity contribution in [3.63, 3.8) is 0 Å². The topological polar surface area (TPSA) is 49.3 Å². The van der Waals surface area contributed by atoms with Crippen molar-refractivity contribution in [3.05, 3.63) is 33.3 Å². The Balaban J connectivity index is 2.78. The van der Waals surface area contributed by atoms with Crippen LogP contribution in [0.3, 0.4) is 0 Å². The van der Waals surface area contributed by atoms with E-state index in [1.165, 1.54) is 0 Å². The van der Waals surface area contributed by atoms with E-state index in [0.29, 0.717) is 15.1 Å². The predicted octanol–water partition coefficient (Wildman–Crippen LogP) is 2.21. The van der Waals surface area contributed by atoms with Crippen LogP contribution >= 0.6 is 27.5 Å². The average Bonchev–Trinajstić information content (AvgIpc) is 2.18. The van der Waals surface area contributed by atoms with Crippen LogP contribution in [0.5, 0.6) is 0 Å². The number of halogens is 2. The maximum Gasteiger partial charge on any atom is 0.252 e. The summed E-state index contributed by atoms with van der Waals surface area (Å²) in [6.45, 7) is 1.81. The summed E-state index contributed by atoms with van der Waals surface area (Å²) < 4.78 is 0.675. The van der Waals surface area contributed by atoms with E-state index in [4.69, 9.17) is 16.7 Å². The van der Waals surface area contributed by atoms with E-state index in [-0.39, 0.29) is 12.5 Å². The number of hydrogen-bond donors (Lipinski definition) is 2. The Hall–Kier alpha value is -0.580. The molecule has 0 saturated carbocycles. The Bertz CT molecular complexity index is 368. The van der Waals surface area contributed by atoms with Crippen molar-refractivity contribution in [2.75, 3.05) is 6.54 Å². The fourth-order valence-electron chi connectivity index (χ4n) is 1.01. The molecule has 0 spiro atoms. The highest BCUT2D eigenvalue weighted by Gasteiger charge is 2.12. The minimum absolute atomic E-state index is 0.210. The number of amides is 1. The van der Waals surface area contributed by atoms with Gasteiger partial charge in [-0.3, -0.25) is 4.79 Å². The molecule has 0 aromatic heterocycles. The second-order valence-electron chi connectivity index (χ2n) is 3.16. The molecule has 1 amide bonds. The molecule has 0 aliphatic rings. The third-order valence-electron chi connectivity index (χ3n) is 1.75. The fraction of sp³-hybridized carbons (Fsp3) is 0.300. The van der Waals surface area contributed by atoms with Gasteiger partial charge < -0.3 is 10.4 Å². The van der Waals surface area contributed by atoms with Crippen LogP contribution in [-0.4, -0.2) is 23.7 Å². The van der Waals surface area contributed by atoms with Crippen LogP contribution in [0.4, 0.5) is 0 Å². The van der Waals surface area contributed by atoms with E-state index in [9.17, 15) is 4.79 Å². The van der Waals surface area contributed by atoms with Gasteiger partial charge in [0, 0.05) is 11.0 Å². The van der Waals surface area contributed by atoms with Crippen molar-refractivity contribution in [2.24, 2.45) is 0 Å². The lowest BCUT2D eigenvalue weighted by Crippen LogP contribution is -2.30. The summed E-state index contributed by atoms with van der Waals surface area (Å²) in [5, 5.41) is 12.0. The van der Waals surface area contributed by atoms with Gasteiger partial charge >= 0.3 is 0 Å². The van der Waals surface area contributed by atoms with Crippen LogP contribution < -0.4 is 5.32 Å². The van der Waals surface area contributed by atoms with Crippen LogP contribution in [0.25, 0.3) is 0 Å². The van der Waals surface area contributed by atoms with Crippen molar-refractivity contribution < 1.29 is 9.90 Å². The van der Waals surface area contributed by atoms with Crippen LogP contribution in [0.15, 0.2) is 22.7 Å². The fourth-order valence-corrected chi connectivity index (χ4v) is 1.59. The molecule has 0 radical (unpaired) electrons. The van der Waals surface area contributed by atoms with Gasteiger partial charge in [0.05, 0.1) is 16.7 Å². The molecule has 0 fully saturated rings. The SMILES string of the molecule is C[C@H](O)CNC(=O)c1cccc(Br)c1Cl. The minimum Gasteiger partial charge on any atom is -0.392 e. The first-order valence-corrected chi connectivity index (χ1v) is 5.59. The van der Waals surface area contributed by atoms with Gasteiger partial charge in [0.25, 0.3) is 5.91 Å². The highest BCUT2D eigenvalue weighted by molar-refractivity contribution is 9.10. The van der Waals surface area contributed by atoms with Crippen LogP contribution in [0.2, 0.25) is 5.02 Å². The minimum atomic E-state index is -0.570. The maximum absolute atomic E-state index is 11.6. The molecule has 1 atom stereocenters. The van der Waals surface area contributed by atoms with Gasteiger partial charge in [0.1, 0.15) is 0 Å². The second-order valence-corrected chi connectivity index (χ2v) is 4.39. The first kappa shape index (κ1) is 12.5. The normalized spacial score (nSPS) is 12.3. The number of aliphatic hydroxyl groups excluding tert-OH is 1. The summed E-state index contributed by atoms with van der Waals surface area (Å²) in [5.74, 6) is -0.290. The van der Waals surface area contributed by atoms with E-state index in [0.717, 1.165) is 0 Å². The van der Waals surface area contributed by atoms with Gasteiger partial charge in [0.2, 0.25) is 0 Å². The summed E-state index contributed by atoms with van der Waals surface area (Å²) in [6, 6.07) is 5.12. The van der Waals surface area contributed by atoms with Gasteiger partial charge in [-0.25, -0.2) is 0 Å². The zero-order chi connectivity index (χ0) is 11.4. The van der Waals surface area contributed by atoms with Crippen molar-refractivity contribution in [1.29, 1.82) is 0 Å². The van der Waals surface area contributed by atoms with E-state index in [1.54, 1.807) is 25.1 Å². The summed E-state index contributed by atoms with van der Waals surface area (Å²) in [6.07, 6.45) is -0.570. The van der Waals surface area contributed by atoms with Crippen molar-refractivity contribution in [1.82, 2.24) is 5.32 Å². The molecular formula is C10H11BrClNO2. The standard InChI is InChI=1S/C10H11BrClNO2/c1-6(14)5-13-10(15)7-3-2-4-8(11)9(7)12/h2-4,6,14H,5H2,1H3,(H,13,15)/t6-/m0/s1. The van der Waals surface area contributed by atoms with E-state index in [2.05, 4.69) is 21.2 Å². The lowest BCUT2D eigenvalue weighted by molar-refractivity contribution is 0.0924. The lowest BCUT2D eigenvalue weighted by atomic mass is 10.2. The molecule has 0 bridgehead atoms. The number of nitrogens with one attached hydrogen (secondary N) is 1. The molecule has 3 nitrogen and oxygen atoms in total. The largest absolute Gasteiger partial charge is 0.392 e. The molecule has 0 saturated heterocycles. The van der Waals surface area contributed by atoms with Gasteiger partial charge in [-0.15, -0.1) is 0 Å². The van der Waals surface area contributed by atoms with Gasteiger partial charge in [-0.05, 0) is 35.0 Å². The highest BCUT2D eigenvalue weighted by atomic mass is 79.9. The Morgan fingerprint density at radius 1 is 1.67 bits per heavy atom. The maximum atomic E-state index is 11.6. The molecular weight excluding hydrogens is 281 g/mol. The summed E-state index contributed by atoms with van der Waals surface area (Å²) >= 11 is 9.17. The van der Waals surface area contributed by atoms with Crippen molar-refractivity contribution in [2.45, 2.75) is 13.0 Å². The molecule has 5 heteroatoms. The third-order valence-corrected chi connectivity index (χ3v) is 3.05. The quantitative estimate of drug-likeness (QED) is 0.897. The Morgan fingerprint density at radius 2 is 2.33 bits per heavy atom. The van der Waals surface area contributed by atoms with Crippen LogP contribution in [0.1, 0.15) is 17.3 Å². The Morgan fingerprint density at radius 3 is 2.93 bits per heavy atom. The average molecular weight is 293 g/mol. The number of hydrogen-bond acceptors (Lipinski definition) is 2. The van der Waals surface area contributed by atoms with Gasteiger partial charge in [0.15, 0.2) is 0 Å². The first-order valence-electron chi connectivity index (χ1n) is 4.42. The van der Waals surface area contributed by atoms with Crippen LogP contribution in [0, 0.1) is 0 Å². The second kappa shape index (κ2) is 5.49. The van der Waals surface area contributed by atoms with Crippen molar-refractivity contribution in [3.8, 4) is 0 Å². The molecule has 0 heterocycles. The Labute approximate surface area is 102 Å². The molecule has 0 aliphatic carbocycles. The molecule has 0 unspecified atom stereocenters. The number of benzene rings is 1. The van der Waals surface area contributed by atoms with Gasteiger partial charge in [-0.1, -0.05) is 17.7 Å². The van der Waals surface area contributed by atoms with Crippen LogP contribution in [-0.2, 0) is 0 Å². The summed E-state index contributed by atoms with van der Waals surface area (Å²) in [5.41, 5.74) is 0.395. The lowest BCUT2D eigenvalue weighted by Gasteiger charge is -2.08. The molecule has 82 valence electrons. The molecule has 1 aromatic carbocycles. The predicted molar refractivity (Wildman–Crippen MR) is 63.2 cm³/mol. The molecule has 2 N–H and O–H groups in total. The molecule has 15 heavy (non-hydrogen) atoms.